The molecule has 0 amide bonds. The number of hydrogen-bond donors (Lipinski definition) is 1. The summed E-state index contributed by atoms with van der Waals surface area (Å²) in [6.45, 7) is 6.52. The van der Waals surface area contributed by atoms with Crippen LogP contribution in [0, 0.1) is 0 Å². The average molecular weight is 287 g/mol. The maximum atomic E-state index is 11.7. The Labute approximate surface area is 117 Å². The number of hydrogen-bond acceptors (Lipinski definition) is 3. The van der Waals surface area contributed by atoms with Crippen LogP contribution in [0.25, 0.3) is 6.08 Å². The Morgan fingerprint density at radius 3 is 2.83 bits per heavy atom. The van der Waals surface area contributed by atoms with Gasteiger partial charge in [-0.25, -0.2) is 0 Å². The molecule has 1 heterocycles. The molecule has 0 radical (unpaired) electrons. The van der Waals surface area contributed by atoms with E-state index in [4.69, 9.17) is 11.6 Å². The van der Waals surface area contributed by atoms with E-state index in [0.717, 1.165) is 12.1 Å². The third kappa shape index (κ3) is 5.87. The Bertz CT molecular complexity index is 404. The monoisotopic (exact) mass is 286 g/mol. The van der Waals surface area contributed by atoms with Gasteiger partial charge in [0, 0.05) is 29.1 Å². The summed E-state index contributed by atoms with van der Waals surface area (Å²) in [6, 6.07) is 3.55. The quantitative estimate of drug-likeness (QED) is 0.668. The minimum absolute atomic E-state index is 0.224. The van der Waals surface area contributed by atoms with Crippen LogP contribution in [0.1, 0.15) is 32.9 Å². The summed E-state index contributed by atoms with van der Waals surface area (Å²) >= 11 is 4.84. The molecule has 0 fully saturated rings. The molecular formula is C13H19ClN2OS. The first kappa shape index (κ1) is 15.5. The van der Waals surface area contributed by atoms with Gasteiger partial charge in [-0.1, -0.05) is 17.7 Å². The van der Waals surface area contributed by atoms with Crippen molar-refractivity contribution in [1.82, 2.24) is 9.71 Å². The van der Waals surface area contributed by atoms with Crippen LogP contribution in [0.2, 0.25) is 5.02 Å². The Balaban J connectivity index is 2.30. The molecule has 100 valence electrons. The fraction of sp³-hybridized carbons (Fsp3) is 0.462. The van der Waals surface area contributed by atoms with E-state index in [1.165, 1.54) is 0 Å². The smallest absolute Gasteiger partial charge is 0.136 e. The van der Waals surface area contributed by atoms with Crippen molar-refractivity contribution in [2.24, 2.45) is 0 Å². The highest BCUT2D eigenvalue weighted by Crippen LogP contribution is 2.13. The molecule has 1 aromatic rings. The molecule has 0 aliphatic heterocycles. The van der Waals surface area contributed by atoms with Crippen molar-refractivity contribution in [1.29, 1.82) is 0 Å². The Kier molecular flexibility index (Phi) is 6.15. The van der Waals surface area contributed by atoms with E-state index in [1.54, 1.807) is 18.3 Å². The largest absolute Gasteiger partial charge is 0.598 e. The second kappa shape index (κ2) is 7.14. The first-order valence-corrected chi connectivity index (χ1v) is 7.36. The summed E-state index contributed by atoms with van der Waals surface area (Å²) in [7, 11) is 0. The van der Waals surface area contributed by atoms with Crippen LogP contribution in [-0.2, 0) is 11.4 Å². The second-order valence-electron chi connectivity index (χ2n) is 4.87. The molecule has 0 aromatic carbocycles. The third-order valence-corrected chi connectivity index (χ3v) is 3.95. The summed E-state index contributed by atoms with van der Waals surface area (Å²) in [4.78, 5) is 4.16. The van der Waals surface area contributed by atoms with Crippen molar-refractivity contribution in [3.63, 3.8) is 0 Å². The first-order chi connectivity index (χ1) is 8.39. The summed E-state index contributed by atoms with van der Waals surface area (Å²) in [5, 5.41) is 0.677. The molecule has 1 atom stereocenters. The van der Waals surface area contributed by atoms with Gasteiger partial charge in [0.05, 0.1) is 5.69 Å². The van der Waals surface area contributed by atoms with Crippen molar-refractivity contribution in [2.45, 2.75) is 31.9 Å². The molecule has 1 rings (SSSR count). The summed E-state index contributed by atoms with van der Waals surface area (Å²) in [5.41, 5.74) is 0.833. The van der Waals surface area contributed by atoms with Gasteiger partial charge >= 0.3 is 0 Å². The highest BCUT2D eigenvalue weighted by Gasteiger charge is 2.25. The van der Waals surface area contributed by atoms with E-state index in [1.807, 2.05) is 32.9 Å². The van der Waals surface area contributed by atoms with E-state index in [9.17, 15) is 4.55 Å². The van der Waals surface area contributed by atoms with Gasteiger partial charge in [-0.2, -0.15) is 0 Å². The number of rotatable bonds is 5. The SMILES string of the molecule is CC(C)(C)[S@+]([O-])NCCC=Cc1cc(Cl)ccn1. The van der Waals surface area contributed by atoms with Crippen LogP contribution in [0.4, 0.5) is 0 Å². The molecule has 0 saturated carbocycles. The zero-order valence-corrected chi connectivity index (χ0v) is 12.5. The lowest BCUT2D eigenvalue weighted by Crippen LogP contribution is -2.39. The van der Waals surface area contributed by atoms with Gasteiger partial charge in [-0.3, -0.25) is 4.98 Å². The zero-order chi connectivity index (χ0) is 13.6. The van der Waals surface area contributed by atoms with E-state index >= 15 is 0 Å². The zero-order valence-electron chi connectivity index (χ0n) is 10.9. The predicted octanol–water partition coefficient (Wildman–Crippen LogP) is 3.19. The number of nitrogens with zero attached hydrogens (tertiary/aromatic N) is 1. The molecule has 3 nitrogen and oxygen atoms in total. The molecule has 18 heavy (non-hydrogen) atoms. The molecular weight excluding hydrogens is 268 g/mol. The van der Waals surface area contributed by atoms with E-state index in [2.05, 4.69) is 9.71 Å². The lowest BCUT2D eigenvalue weighted by atomic mass is 10.3. The van der Waals surface area contributed by atoms with Crippen molar-refractivity contribution in [3.05, 3.63) is 35.1 Å². The van der Waals surface area contributed by atoms with Crippen molar-refractivity contribution < 1.29 is 4.55 Å². The van der Waals surface area contributed by atoms with Crippen LogP contribution in [-0.4, -0.2) is 20.8 Å². The number of halogens is 1. The van der Waals surface area contributed by atoms with Crippen molar-refractivity contribution in [3.8, 4) is 0 Å². The minimum atomic E-state index is -1.01. The van der Waals surface area contributed by atoms with Gasteiger partial charge in [-0.15, -0.1) is 4.72 Å². The average Bonchev–Trinajstić information content (AvgIpc) is 2.27. The molecule has 0 bridgehead atoms. The molecule has 5 heteroatoms. The fourth-order valence-electron chi connectivity index (χ4n) is 1.17. The van der Waals surface area contributed by atoms with Gasteiger partial charge < -0.3 is 4.55 Å². The van der Waals surface area contributed by atoms with Crippen LogP contribution < -0.4 is 4.72 Å². The molecule has 0 saturated heterocycles. The van der Waals surface area contributed by atoms with Crippen LogP contribution in [0.3, 0.4) is 0 Å². The van der Waals surface area contributed by atoms with Crippen LogP contribution in [0.15, 0.2) is 24.4 Å². The van der Waals surface area contributed by atoms with Gasteiger partial charge in [0.2, 0.25) is 0 Å². The standard InChI is InChI=1S/C13H19ClN2OS/c1-13(2,3)18(17)16-8-5-4-6-12-10-11(14)7-9-15-12/h4,6-7,9-10,16H,5,8H2,1-3H3/t18-/m0/s1. The molecule has 0 aliphatic rings. The summed E-state index contributed by atoms with van der Waals surface area (Å²) < 4.78 is 14.5. The Hall–Kier alpha value is -0.550. The summed E-state index contributed by atoms with van der Waals surface area (Å²) in [5.74, 6) is 0. The maximum Gasteiger partial charge on any atom is 0.136 e. The number of pyridine rings is 1. The third-order valence-electron chi connectivity index (χ3n) is 2.13. The topological polar surface area (TPSA) is 48.0 Å². The van der Waals surface area contributed by atoms with Gasteiger partial charge in [0.1, 0.15) is 4.75 Å². The second-order valence-corrected chi connectivity index (χ2v) is 7.35. The van der Waals surface area contributed by atoms with Gasteiger partial charge in [0.15, 0.2) is 0 Å². The fourth-order valence-corrected chi connectivity index (χ4v) is 2.07. The van der Waals surface area contributed by atoms with Crippen LogP contribution in [0.5, 0.6) is 0 Å². The first-order valence-electron chi connectivity index (χ1n) is 5.83. The minimum Gasteiger partial charge on any atom is -0.598 e. The van der Waals surface area contributed by atoms with Crippen LogP contribution >= 0.6 is 11.6 Å². The molecule has 0 spiro atoms. The van der Waals surface area contributed by atoms with Crippen molar-refractivity contribution >= 4 is 29.0 Å². The molecule has 1 aromatic heterocycles. The Morgan fingerprint density at radius 2 is 2.22 bits per heavy atom. The van der Waals surface area contributed by atoms with Gasteiger partial charge in [-0.05, 0) is 45.4 Å². The molecule has 1 N–H and O–H groups in total. The lowest BCUT2D eigenvalue weighted by molar-refractivity contribution is 0.545. The van der Waals surface area contributed by atoms with Gasteiger partial charge in [0.25, 0.3) is 0 Å². The highest BCUT2D eigenvalue weighted by molar-refractivity contribution is 7.90. The Morgan fingerprint density at radius 1 is 1.50 bits per heavy atom. The maximum absolute atomic E-state index is 11.7. The van der Waals surface area contributed by atoms with Crippen molar-refractivity contribution in [2.75, 3.05) is 6.54 Å². The van der Waals surface area contributed by atoms with E-state index in [-0.39, 0.29) is 4.75 Å². The molecule has 0 unspecified atom stereocenters. The lowest BCUT2D eigenvalue weighted by Gasteiger charge is -2.23. The summed E-state index contributed by atoms with van der Waals surface area (Å²) in [6.07, 6.45) is 6.38. The van der Waals surface area contributed by atoms with E-state index < -0.39 is 11.4 Å². The normalized spacial score (nSPS) is 14.1. The number of aromatic nitrogens is 1. The van der Waals surface area contributed by atoms with E-state index in [0.29, 0.717) is 11.6 Å². The predicted molar refractivity (Wildman–Crippen MR) is 78.8 cm³/mol. The molecule has 0 aliphatic carbocycles. The highest BCUT2D eigenvalue weighted by atomic mass is 35.5. The number of nitrogens with one attached hydrogen (secondary N) is 1.